The molecule has 2 unspecified atom stereocenters. The molecule has 3 nitrogen and oxygen atoms in total. The van der Waals surface area contributed by atoms with Crippen molar-refractivity contribution >= 4 is 0 Å². The Labute approximate surface area is 99.2 Å². The molecule has 3 N–H and O–H groups in total. The minimum Gasteiger partial charge on any atom is -0.388 e. The minimum absolute atomic E-state index is 0.204. The van der Waals surface area contributed by atoms with E-state index < -0.39 is 17.7 Å². The van der Waals surface area contributed by atoms with Crippen LogP contribution in [0.2, 0.25) is 0 Å². The Morgan fingerprint density at radius 3 is 2.41 bits per heavy atom. The maximum atomic E-state index is 12.9. The number of rotatable bonds is 6. The van der Waals surface area contributed by atoms with Gasteiger partial charge in [-0.1, -0.05) is 0 Å². The van der Waals surface area contributed by atoms with Crippen LogP contribution in [0.4, 0.5) is 8.78 Å². The molecule has 0 amide bonds. The van der Waals surface area contributed by atoms with Crippen LogP contribution in [0, 0.1) is 11.6 Å². The molecular formula is C12H17F2NO2. The van der Waals surface area contributed by atoms with Crippen molar-refractivity contribution in [2.75, 3.05) is 13.7 Å². The van der Waals surface area contributed by atoms with E-state index in [9.17, 15) is 13.9 Å². The third kappa shape index (κ3) is 4.77. The molecule has 17 heavy (non-hydrogen) atoms. The predicted octanol–water partition coefficient (Wildman–Crippen LogP) is 1.75. The van der Waals surface area contributed by atoms with Gasteiger partial charge < -0.3 is 15.6 Å². The lowest BCUT2D eigenvalue weighted by molar-refractivity contribution is 0.140. The second kappa shape index (κ2) is 6.64. The maximum absolute atomic E-state index is 12.9. The number of aliphatic hydroxyl groups is 1. The number of benzene rings is 1. The van der Waals surface area contributed by atoms with E-state index in [-0.39, 0.29) is 18.0 Å². The van der Waals surface area contributed by atoms with Gasteiger partial charge in [-0.25, -0.2) is 8.78 Å². The fourth-order valence-corrected chi connectivity index (χ4v) is 1.58. The van der Waals surface area contributed by atoms with Crippen LogP contribution < -0.4 is 5.73 Å². The molecule has 2 atom stereocenters. The standard InChI is InChI=1S/C12H17F2NO2/c1-17-3-2-11(15)7-12(16)8-4-9(13)6-10(14)5-8/h4-6,11-12,16H,2-3,7,15H2,1H3. The Hall–Kier alpha value is -1.04. The van der Waals surface area contributed by atoms with E-state index >= 15 is 0 Å². The van der Waals surface area contributed by atoms with E-state index in [4.69, 9.17) is 10.5 Å². The van der Waals surface area contributed by atoms with Gasteiger partial charge in [-0.15, -0.1) is 0 Å². The number of aliphatic hydroxyl groups excluding tert-OH is 1. The number of hydrogen-bond acceptors (Lipinski definition) is 3. The van der Waals surface area contributed by atoms with Gasteiger partial charge in [-0.2, -0.15) is 0 Å². The van der Waals surface area contributed by atoms with Gasteiger partial charge in [0.15, 0.2) is 0 Å². The van der Waals surface area contributed by atoms with Gasteiger partial charge in [0.2, 0.25) is 0 Å². The normalized spacial score (nSPS) is 14.6. The molecule has 1 aromatic rings. The summed E-state index contributed by atoms with van der Waals surface area (Å²) in [7, 11) is 1.56. The van der Waals surface area contributed by atoms with Gasteiger partial charge in [0, 0.05) is 25.8 Å². The van der Waals surface area contributed by atoms with Gasteiger partial charge in [0.25, 0.3) is 0 Å². The summed E-state index contributed by atoms with van der Waals surface area (Å²) in [5.41, 5.74) is 5.95. The van der Waals surface area contributed by atoms with Crippen LogP contribution in [0.25, 0.3) is 0 Å². The second-order valence-corrected chi connectivity index (χ2v) is 4.00. The molecular weight excluding hydrogens is 228 g/mol. The van der Waals surface area contributed by atoms with Crippen molar-refractivity contribution in [1.29, 1.82) is 0 Å². The van der Waals surface area contributed by atoms with Crippen molar-refractivity contribution in [1.82, 2.24) is 0 Å². The number of ether oxygens (including phenoxy) is 1. The van der Waals surface area contributed by atoms with Crippen molar-refractivity contribution in [2.24, 2.45) is 5.73 Å². The largest absolute Gasteiger partial charge is 0.388 e. The van der Waals surface area contributed by atoms with Crippen molar-refractivity contribution in [3.05, 3.63) is 35.4 Å². The molecule has 0 fully saturated rings. The van der Waals surface area contributed by atoms with Crippen LogP contribution in [0.3, 0.4) is 0 Å². The van der Waals surface area contributed by atoms with Crippen molar-refractivity contribution < 1.29 is 18.6 Å². The van der Waals surface area contributed by atoms with E-state index in [1.165, 1.54) is 0 Å². The van der Waals surface area contributed by atoms with Crippen LogP contribution in [0.15, 0.2) is 18.2 Å². The van der Waals surface area contributed by atoms with E-state index in [1.807, 2.05) is 0 Å². The Balaban J connectivity index is 2.59. The summed E-state index contributed by atoms with van der Waals surface area (Å²) in [6.07, 6.45) is -0.135. The quantitative estimate of drug-likeness (QED) is 0.802. The molecule has 5 heteroatoms. The highest BCUT2D eigenvalue weighted by Crippen LogP contribution is 2.20. The Kier molecular flexibility index (Phi) is 5.47. The van der Waals surface area contributed by atoms with E-state index in [1.54, 1.807) is 7.11 Å². The minimum atomic E-state index is -0.966. The third-order valence-corrected chi connectivity index (χ3v) is 2.49. The Bertz CT molecular complexity index is 340. The monoisotopic (exact) mass is 245 g/mol. The van der Waals surface area contributed by atoms with E-state index in [0.717, 1.165) is 18.2 Å². The summed E-state index contributed by atoms with van der Waals surface area (Å²) < 4.78 is 30.7. The molecule has 1 aromatic carbocycles. The fourth-order valence-electron chi connectivity index (χ4n) is 1.58. The molecule has 1 rings (SSSR count). The second-order valence-electron chi connectivity index (χ2n) is 4.00. The van der Waals surface area contributed by atoms with Crippen molar-refractivity contribution in [3.8, 4) is 0 Å². The summed E-state index contributed by atoms with van der Waals surface area (Å²) >= 11 is 0. The van der Waals surface area contributed by atoms with Gasteiger partial charge in [-0.05, 0) is 30.5 Å². The molecule has 0 aromatic heterocycles. The zero-order valence-electron chi connectivity index (χ0n) is 9.70. The lowest BCUT2D eigenvalue weighted by Crippen LogP contribution is -2.24. The SMILES string of the molecule is COCCC(N)CC(O)c1cc(F)cc(F)c1. The van der Waals surface area contributed by atoms with Crippen LogP contribution in [0.1, 0.15) is 24.5 Å². The van der Waals surface area contributed by atoms with Gasteiger partial charge in [0.05, 0.1) is 6.10 Å². The average molecular weight is 245 g/mol. The van der Waals surface area contributed by atoms with Crippen LogP contribution in [0.5, 0.6) is 0 Å². The summed E-state index contributed by atoms with van der Waals surface area (Å²) in [5, 5.41) is 9.79. The first-order valence-corrected chi connectivity index (χ1v) is 5.41. The predicted molar refractivity (Wildman–Crippen MR) is 60.4 cm³/mol. The molecule has 0 aliphatic carbocycles. The summed E-state index contributed by atoms with van der Waals surface area (Å²) in [4.78, 5) is 0. The molecule has 0 aliphatic heterocycles. The number of methoxy groups -OCH3 is 1. The van der Waals surface area contributed by atoms with Crippen LogP contribution >= 0.6 is 0 Å². The highest BCUT2D eigenvalue weighted by molar-refractivity contribution is 5.20. The molecule has 0 heterocycles. The summed E-state index contributed by atoms with van der Waals surface area (Å²) in [6.45, 7) is 0.491. The third-order valence-electron chi connectivity index (χ3n) is 2.49. The zero-order valence-corrected chi connectivity index (χ0v) is 9.70. The fraction of sp³-hybridized carbons (Fsp3) is 0.500. The number of nitrogens with two attached hydrogens (primary N) is 1. The molecule has 0 aliphatic rings. The smallest absolute Gasteiger partial charge is 0.126 e. The van der Waals surface area contributed by atoms with Crippen molar-refractivity contribution in [3.63, 3.8) is 0 Å². The Morgan fingerprint density at radius 2 is 1.88 bits per heavy atom. The van der Waals surface area contributed by atoms with Crippen LogP contribution in [-0.2, 0) is 4.74 Å². The molecule has 0 saturated heterocycles. The van der Waals surface area contributed by atoms with E-state index in [2.05, 4.69) is 0 Å². The Morgan fingerprint density at radius 1 is 1.29 bits per heavy atom. The highest BCUT2D eigenvalue weighted by Gasteiger charge is 2.14. The lowest BCUT2D eigenvalue weighted by atomic mass is 10.0. The highest BCUT2D eigenvalue weighted by atomic mass is 19.1. The number of hydrogen-bond donors (Lipinski definition) is 2. The topological polar surface area (TPSA) is 55.5 Å². The molecule has 0 saturated carbocycles. The maximum Gasteiger partial charge on any atom is 0.126 e. The van der Waals surface area contributed by atoms with Crippen LogP contribution in [-0.4, -0.2) is 24.9 Å². The first-order valence-electron chi connectivity index (χ1n) is 5.41. The molecule has 0 spiro atoms. The molecule has 0 radical (unpaired) electrons. The summed E-state index contributed by atoms with van der Waals surface area (Å²) in [6, 6.07) is 2.71. The molecule has 96 valence electrons. The molecule has 0 bridgehead atoms. The van der Waals surface area contributed by atoms with E-state index in [0.29, 0.717) is 13.0 Å². The summed E-state index contributed by atoms with van der Waals surface area (Å²) in [5.74, 6) is -1.41. The first kappa shape index (κ1) is 14.0. The number of halogens is 2. The average Bonchev–Trinajstić information content (AvgIpc) is 2.25. The lowest BCUT2D eigenvalue weighted by Gasteiger charge is -2.16. The van der Waals surface area contributed by atoms with Gasteiger partial charge in [0.1, 0.15) is 11.6 Å². The van der Waals surface area contributed by atoms with Crippen molar-refractivity contribution in [2.45, 2.75) is 25.0 Å². The van der Waals surface area contributed by atoms with Gasteiger partial charge >= 0.3 is 0 Å². The van der Waals surface area contributed by atoms with Gasteiger partial charge in [-0.3, -0.25) is 0 Å². The zero-order chi connectivity index (χ0) is 12.8. The first-order chi connectivity index (χ1) is 8.02.